The molecule has 1 fully saturated rings. The Hall–Kier alpha value is -3.58. The van der Waals surface area contributed by atoms with Crippen molar-refractivity contribution in [3.63, 3.8) is 0 Å². The van der Waals surface area contributed by atoms with Gasteiger partial charge in [0.05, 0.1) is 19.3 Å². The number of nitrogens with two attached hydrogens (primary N) is 1. The number of ether oxygens (including phenoxy) is 3. The van der Waals surface area contributed by atoms with Crippen LogP contribution in [0.5, 0.6) is 0 Å². The van der Waals surface area contributed by atoms with Gasteiger partial charge in [-0.1, -0.05) is 133 Å². The van der Waals surface area contributed by atoms with Gasteiger partial charge in [0.2, 0.25) is 0 Å². The highest BCUT2D eigenvalue weighted by Crippen LogP contribution is 2.60. The van der Waals surface area contributed by atoms with Gasteiger partial charge in [0.25, 0.3) is 0 Å². The van der Waals surface area contributed by atoms with Crippen molar-refractivity contribution < 1.29 is 71.4 Å². The number of nitrogens with zero attached hydrogens (tertiary/aromatic N) is 2. The van der Waals surface area contributed by atoms with Gasteiger partial charge in [-0.15, -0.1) is 0 Å². The van der Waals surface area contributed by atoms with Crippen molar-refractivity contribution in [2.45, 2.75) is 167 Å². The largest absolute Gasteiger partial charge is 0.481 e. The summed E-state index contributed by atoms with van der Waals surface area (Å²) >= 11 is 0. The van der Waals surface area contributed by atoms with Gasteiger partial charge in [0.15, 0.2) is 12.3 Å². The van der Waals surface area contributed by atoms with Gasteiger partial charge in [-0.05, 0) is 56.9 Å². The average Bonchev–Trinajstić information content (AvgIpc) is 3.54. The first-order chi connectivity index (χ1) is 31.9. The summed E-state index contributed by atoms with van der Waals surface area (Å²) in [5, 5.41) is 31.2. The molecule has 67 heavy (non-hydrogen) atoms. The summed E-state index contributed by atoms with van der Waals surface area (Å²) in [7, 11) is -10.9. The number of aliphatic hydroxyl groups excluding tert-OH is 3. The number of anilines is 1. The molecule has 3 unspecified atom stereocenters. The summed E-state index contributed by atoms with van der Waals surface area (Å²) in [6, 6.07) is 1.23. The Morgan fingerprint density at radius 3 is 2.04 bits per heavy atom. The van der Waals surface area contributed by atoms with E-state index < -0.39 is 89.8 Å². The van der Waals surface area contributed by atoms with Crippen molar-refractivity contribution in [1.82, 2.24) is 9.55 Å². The first-order valence-electron chi connectivity index (χ1n) is 23.3. The summed E-state index contributed by atoms with van der Waals surface area (Å²) in [6.45, 7) is 4.05. The molecular weight excluding hydrogens is 912 g/mol. The number of aliphatic hydroxyl groups is 3. The number of phosphoric ester groups is 2. The number of rotatable bonds is 36. The molecule has 1 aliphatic rings. The first-order valence-corrected chi connectivity index (χ1v) is 26.3. The van der Waals surface area contributed by atoms with E-state index in [-0.39, 0.29) is 31.5 Å². The zero-order chi connectivity index (χ0) is 49.5. The molecule has 7 N–H and O–H groups in total. The number of phosphoric acid groups is 2. The van der Waals surface area contributed by atoms with Gasteiger partial charge < -0.3 is 45.1 Å². The maximum absolute atomic E-state index is 12.8. The Morgan fingerprint density at radius 1 is 0.806 bits per heavy atom. The maximum atomic E-state index is 12.8. The number of aromatic nitrogens is 2. The number of carbonyl (C=O) groups excluding carboxylic acids is 2. The van der Waals surface area contributed by atoms with Crippen LogP contribution in [0.2, 0.25) is 0 Å². The maximum Gasteiger partial charge on any atom is 0.481 e. The summed E-state index contributed by atoms with van der Waals surface area (Å²) < 4.78 is 56.4. The Labute approximate surface area is 395 Å². The summed E-state index contributed by atoms with van der Waals surface area (Å²) in [4.78, 5) is 61.7. The van der Waals surface area contributed by atoms with Crippen LogP contribution in [0.4, 0.5) is 5.82 Å². The summed E-state index contributed by atoms with van der Waals surface area (Å²) in [5.74, 6) is -0.822. The third-order valence-electron chi connectivity index (χ3n) is 10.1. The molecular formula is C46H75N3O16P2. The van der Waals surface area contributed by atoms with Crippen molar-refractivity contribution in [3.8, 4) is 0 Å². The Kier molecular flexibility index (Phi) is 30.1. The van der Waals surface area contributed by atoms with E-state index in [1.165, 1.54) is 25.3 Å². The standard InChI is InChI=1S/C46H75N3O16P2/c1-4-5-6-7-8-9-10-11-12-13-17-20-23-27-37(50)28-25-30-41(51)60-33-38(63-42(52)29-24-21-18-15-14-16-19-22-26-36(2)3)34-61-66(56,57)65-67(58,59)62-35-39-43(53)44(54)45(64-39)49-32-31-40(47)48-46(49)55/h5-6,8-9,11-12,17,20,23,27,31-32,36-39,43-45,50,53-54H,4,7,10,13-16,18-19,21-22,24-26,28-30,33-35H2,1-3H3,(H,56,57)(H,58,59)(H2,47,48,55)/b6-5-,9-8-,12-11-,20-17-,27-23+/t37?,38-,39-,43-,44-,45-/m1/s1. The van der Waals surface area contributed by atoms with E-state index in [9.17, 15) is 48.6 Å². The Morgan fingerprint density at radius 2 is 1.40 bits per heavy atom. The molecule has 0 amide bonds. The van der Waals surface area contributed by atoms with Crippen molar-refractivity contribution in [1.29, 1.82) is 0 Å². The number of unbranched alkanes of at least 4 members (excludes halogenated alkanes) is 7. The molecule has 0 saturated carbocycles. The molecule has 21 heteroatoms. The molecule has 1 aromatic heterocycles. The van der Waals surface area contributed by atoms with E-state index in [0.717, 1.165) is 68.6 Å². The highest BCUT2D eigenvalue weighted by molar-refractivity contribution is 7.61. The van der Waals surface area contributed by atoms with Crippen LogP contribution in [0.1, 0.15) is 136 Å². The SMILES string of the molecule is CC/C=C\C/C=C\C/C=C\C/C=C\C=C\C(O)CCCC(=O)OC[C@H](COP(=O)(O)OP(=O)(O)OC[C@H]1O[C@@H](n2ccc(N)nc2=O)[C@H](O)[C@@H]1O)OC(=O)CCCCCCCCCCC(C)C. The van der Waals surface area contributed by atoms with Crippen LogP contribution in [0.3, 0.4) is 0 Å². The van der Waals surface area contributed by atoms with Crippen LogP contribution < -0.4 is 11.4 Å². The highest BCUT2D eigenvalue weighted by Gasteiger charge is 2.46. The number of hydrogen-bond donors (Lipinski definition) is 6. The van der Waals surface area contributed by atoms with Gasteiger partial charge in [0, 0.05) is 19.0 Å². The van der Waals surface area contributed by atoms with E-state index in [1.54, 1.807) is 12.2 Å². The fourth-order valence-electron chi connectivity index (χ4n) is 6.53. The van der Waals surface area contributed by atoms with Gasteiger partial charge >= 0.3 is 33.3 Å². The predicted molar refractivity (Wildman–Crippen MR) is 253 cm³/mol. The Bertz CT molecular complexity index is 1890. The second-order valence-corrected chi connectivity index (χ2v) is 19.6. The second-order valence-electron chi connectivity index (χ2n) is 16.6. The van der Waals surface area contributed by atoms with Crippen LogP contribution >= 0.6 is 15.6 Å². The molecule has 0 aromatic carbocycles. The number of nitrogen functional groups attached to an aromatic ring is 1. The number of esters is 2. The molecule has 0 radical (unpaired) electrons. The molecule has 380 valence electrons. The minimum absolute atomic E-state index is 0.00619. The lowest BCUT2D eigenvalue weighted by Gasteiger charge is -2.21. The molecule has 2 rings (SSSR count). The summed E-state index contributed by atoms with van der Waals surface area (Å²) in [6.07, 6.45) is 25.2. The van der Waals surface area contributed by atoms with E-state index >= 15 is 0 Å². The van der Waals surface area contributed by atoms with Crippen LogP contribution in [0.15, 0.2) is 77.8 Å². The van der Waals surface area contributed by atoms with Crippen LogP contribution in [0, 0.1) is 5.92 Å². The average molecular weight is 988 g/mol. The molecule has 2 heterocycles. The quantitative estimate of drug-likeness (QED) is 0.0124. The lowest BCUT2D eigenvalue weighted by molar-refractivity contribution is -0.161. The van der Waals surface area contributed by atoms with Gasteiger partial charge in [-0.2, -0.15) is 9.29 Å². The Balaban J connectivity index is 1.88. The third-order valence-corrected chi connectivity index (χ3v) is 12.8. The highest BCUT2D eigenvalue weighted by atomic mass is 31.3. The lowest BCUT2D eigenvalue weighted by atomic mass is 10.0. The molecule has 8 atom stereocenters. The van der Waals surface area contributed by atoms with E-state index in [2.05, 4.69) is 60.4 Å². The minimum atomic E-state index is -5.46. The zero-order valence-corrected chi connectivity index (χ0v) is 41.0. The topological polar surface area (TPSA) is 286 Å². The number of carbonyl (C=O) groups is 2. The summed E-state index contributed by atoms with van der Waals surface area (Å²) in [5.41, 5.74) is 4.56. The van der Waals surface area contributed by atoms with Gasteiger partial charge in [-0.25, -0.2) is 13.9 Å². The van der Waals surface area contributed by atoms with E-state index in [0.29, 0.717) is 12.3 Å². The van der Waals surface area contributed by atoms with Crippen molar-refractivity contribution in [3.05, 3.63) is 83.5 Å². The molecule has 0 spiro atoms. The van der Waals surface area contributed by atoms with Crippen molar-refractivity contribution in [2.75, 3.05) is 25.6 Å². The van der Waals surface area contributed by atoms with Crippen LogP contribution in [-0.2, 0) is 46.3 Å². The lowest BCUT2D eigenvalue weighted by Crippen LogP contribution is -2.36. The fraction of sp³-hybridized carbons (Fsp3) is 0.652. The van der Waals surface area contributed by atoms with Gasteiger partial charge in [0.1, 0.15) is 30.7 Å². The third kappa shape index (κ3) is 27.9. The smallest absolute Gasteiger partial charge is 0.462 e. The fourth-order valence-corrected chi connectivity index (χ4v) is 8.64. The van der Waals surface area contributed by atoms with E-state index in [1.807, 2.05) is 18.2 Å². The molecule has 1 aromatic rings. The number of allylic oxidation sites excluding steroid dienone is 9. The van der Waals surface area contributed by atoms with Crippen LogP contribution in [0.25, 0.3) is 0 Å². The first kappa shape index (κ1) is 59.5. The predicted octanol–water partition coefficient (Wildman–Crippen LogP) is 7.60. The monoisotopic (exact) mass is 987 g/mol. The molecule has 0 bridgehead atoms. The van der Waals surface area contributed by atoms with E-state index in [4.69, 9.17) is 29.0 Å². The van der Waals surface area contributed by atoms with Crippen LogP contribution in [-0.4, -0.2) is 96.9 Å². The van der Waals surface area contributed by atoms with Gasteiger partial charge in [-0.3, -0.25) is 23.2 Å². The van der Waals surface area contributed by atoms with Crippen molar-refractivity contribution in [2.24, 2.45) is 5.92 Å². The second kappa shape index (κ2) is 33.8. The molecule has 19 nitrogen and oxygen atoms in total. The molecule has 1 aliphatic heterocycles. The molecule has 1 saturated heterocycles. The van der Waals surface area contributed by atoms with Crippen molar-refractivity contribution >= 4 is 33.4 Å². The number of hydrogen-bond acceptors (Lipinski definition) is 16. The zero-order valence-electron chi connectivity index (χ0n) is 39.2. The molecule has 0 aliphatic carbocycles. The minimum Gasteiger partial charge on any atom is -0.462 e. The normalized spacial score (nSPS) is 20.7.